The summed E-state index contributed by atoms with van der Waals surface area (Å²) in [6.07, 6.45) is 0. The SMILES string of the molecule is Cc1cccc(C(C)Nc2cccc(F)c2C#N)c1. The third-order valence-electron chi connectivity index (χ3n) is 3.04. The Morgan fingerprint density at radius 2 is 1.95 bits per heavy atom. The molecule has 0 saturated carbocycles. The van der Waals surface area contributed by atoms with Gasteiger partial charge in [0.1, 0.15) is 17.4 Å². The van der Waals surface area contributed by atoms with E-state index in [4.69, 9.17) is 5.26 Å². The molecule has 2 rings (SSSR count). The molecule has 96 valence electrons. The molecule has 1 atom stereocenters. The number of benzene rings is 2. The molecule has 2 nitrogen and oxygen atoms in total. The molecule has 0 amide bonds. The number of nitriles is 1. The summed E-state index contributed by atoms with van der Waals surface area (Å²) in [5, 5.41) is 12.2. The Balaban J connectivity index is 2.27. The molecular weight excluding hydrogens is 239 g/mol. The minimum atomic E-state index is -0.496. The first-order valence-electron chi connectivity index (χ1n) is 6.13. The minimum Gasteiger partial charge on any atom is -0.377 e. The van der Waals surface area contributed by atoms with E-state index in [1.165, 1.54) is 11.6 Å². The van der Waals surface area contributed by atoms with E-state index in [2.05, 4.69) is 11.4 Å². The van der Waals surface area contributed by atoms with Gasteiger partial charge in [-0.25, -0.2) is 4.39 Å². The number of nitrogens with one attached hydrogen (secondary N) is 1. The molecule has 0 aromatic heterocycles. The first-order chi connectivity index (χ1) is 9.11. The van der Waals surface area contributed by atoms with Crippen molar-refractivity contribution in [2.75, 3.05) is 5.32 Å². The van der Waals surface area contributed by atoms with Gasteiger partial charge < -0.3 is 5.32 Å². The Morgan fingerprint density at radius 3 is 2.63 bits per heavy atom. The molecule has 0 aliphatic heterocycles. The summed E-state index contributed by atoms with van der Waals surface area (Å²) in [6.45, 7) is 4.01. The van der Waals surface area contributed by atoms with Crippen molar-refractivity contribution in [3.8, 4) is 6.07 Å². The van der Waals surface area contributed by atoms with Crippen LogP contribution in [0.1, 0.15) is 29.7 Å². The van der Waals surface area contributed by atoms with Gasteiger partial charge in [-0.15, -0.1) is 0 Å². The van der Waals surface area contributed by atoms with E-state index in [-0.39, 0.29) is 11.6 Å². The van der Waals surface area contributed by atoms with Gasteiger partial charge in [-0.1, -0.05) is 35.9 Å². The lowest BCUT2D eigenvalue weighted by molar-refractivity contribution is 0.624. The van der Waals surface area contributed by atoms with E-state index in [1.807, 2.05) is 38.1 Å². The van der Waals surface area contributed by atoms with Crippen LogP contribution in [0.15, 0.2) is 42.5 Å². The molecule has 1 N–H and O–H groups in total. The second-order valence-corrected chi connectivity index (χ2v) is 4.55. The molecule has 0 fully saturated rings. The van der Waals surface area contributed by atoms with Crippen LogP contribution < -0.4 is 5.32 Å². The highest BCUT2D eigenvalue weighted by atomic mass is 19.1. The summed E-state index contributed by atoms with van der Waals surface area (Å²) < 4.78 is 13.5. The quantitative estimate of drug-likeness (QED) is 0.891. The summed E-state index contributed by atoms with van der Waals surface area (Å²) in [6, 6.07) is 14.6. The van der Waals surface area contributed by atoms with Crippen LogP contribution in [-0.2, 0) is 0 Å². The van der Waals surface area contributed by atoms with Crippen molar-refractivity contribution in [3.63, 3.8) is 0 Å². The van der Waals surface area contributed by atoms with Crippen LogP contribution in [0.5, 0.6) is 0 Å². The molecule has 0 spiro atoms. The van der Waals surface area contributed by atoms with Gasteiger partial charge in [-0.3, -0.25) is 0 Å². The van der Waals surface area contributed by atoms with Gasteiger partial charge in [0, 0.05) is 6.04 Å². The first-order valence-corrected chi connectivity index (χ1v) is 6.13. The molecule has 0 aliphatic rings. The first kappa shape index (κ1) is 13.1. The van der Waals surface area contributed by atoms with Gasteiger partial charge in [0.15, 0.2) is 0 Å². The van der Waals surface area contributed by atoms with Crippen molar-refractivity contribution in [1.29, 1.82) is 5.26 Å². The number of rotatable bonds is 3. The Labute approximate surface area is 112 Å². The Hall–Kier alpha value is -2.34. The molecule has 1 unspecified atom stereocenters. The molecule has 3 heteroatoms. The zero-order valence-corrected chi connectivity index (χ0v) is 10.9. The Bertz CT molecular complexity index is 629. The van der Waals surface area contributed by atoms with E-state index >= 15 is 0 Å². The highest BCUT2D eigenvalue weighted by Crippen LogP contribution is 2.24. The molecular formula is C16H15FN2. The zero-order valence-electron chi connectivity index (χ0n) is 10.9. The second kappa shape index (κ2) is 5.53. The van der Waals surface area contributed by atoms with Crippen LogP contribution in [0.3, 0.4) is 0 Å². The lowest BCUT2D eigenvalue weighted by atomic mass is 10.0. The summed E-state index contributed by atoms with van der Waals surface area (Å²) >= 11 is 0. The van der Waals surface area contributed by atoms with Gasteiger partial charge in [0.2, 0.25) is 0 Å². The maximum atomic E-state index is 13.5. The van der Waals surface area contributed by atoms with Gasteiger partial charge in [0.05, 0.1) is 5.69 Å². The molecule has 2 aromatic carbocycles. The second-order valence-electron chi connectivity index (χ2n) is 4.55. The maximum Gasteiger partial charge on any atom is 0.143 e. The summed E-state index contributed by atoms with van der Waals surface area (Å²) in [7, 11) is 0. The summed E-state index contributed by atoms with van der Waals surface area (Å²) in [5.74, 6) is -0.496. The monoisotopic (exact) mass is 254 g/mol. The smallest absolute Gasteiger partial charge is 0.143 e. The fraction of sp³-hybridized carbons (Fsp3) is 0.188. The predicted molar refractivity (Wildman–Crippen MR) is 74.3 cm³/mol. The summed E-state index contributed by atoms with van der Waals surface area (Å²) in [5.41, 5.74) is 2.86. The predicted octanol–water partition coefficient (Wildman–Crippen LogP) is 4.18. The van der Waals surface area contributed by atoms with E-state index in [0.29, 0.717) is 5.69 Å². The van der Waals surface area contributed by atoms with Gasteiger partial charge in [-0.2, -0.15) is 5.26 Å². The Morgan fingerprint density at radius 1 is 1.21 bits per heavy atom. The highest BCUT2D eigenvalue weighted by molar-refractivity contribution is 5.58. The molecule has 0 bridgehead atoms. The highest BCUT2D eigenvalue weighted by Gasteiger charge is 2.11. The molecule has 2 aromatic rings. The van der Waals surface area contributed by atoms with Gasteiger partial charge >= 0.3 is 0 Å². The van der Waals surface area contributed by atoms with E-state index in [9.17, 15) is 4.39 Å². The molecule has 0 heterocycles. The molecule has 0 saturated heterocycles. The fourth-order valence-electron chi connectivity index (χ4n) is 2.01. The van der Waals surface area contributed by atoms with Crippen LogP contribution in [-0.4, -0.2) is 0 Å². The van der Waals surface area contributed by atoms with Crippen molar-refractivity contribution < 1.29 is 4.39 Å². The van der Waals surface area contributed by atoms with Crippen LogP contribution in [0.2, 0.25) is 0 Å². The van der Waals surface area contributed by atoms with Crippen molar-refractivity contribution in [2.45, 2.75) is 19.9 Å². The van der Waals surface area contributed by atoms with Crippen molar-refractivity contribution in [3.05, 3.63) is 65.0 Å². The normalized spacial score (nSPS) is 11.7. The molecule has 19 heavy (non-hydrogen) atoms. The number of anilines is 1. The van der Waals surface area contributed by atoms with E-state index < -0.39 is 5.82 Å². The fourth-order valence-corrected chi connectivity index (χ4v) is 2.01. The average molecular weight is 254 g/mol. The molecule has 0 radical (unpaired) electrons. The number of nitrogens with zero attached hydrogens (tertiary/aromatic N) is 1. The van der Waals surface area contributed by atoms with Gasteiger partial charge in [-0.05, 0) is 31.5 Å². The van der Waals surface area contributed by atoms with Crippen LogP contribution >= 0.6 is 0 Å². The standard InChI is InChI=1S/C16H15FN2/c1-11-5-3-6-13(9-11)12(2)19-16-8-4-7-15(17)14(16)10-18/h3-9,12,19H,1-2H3. The Kier molecular flexibility index (Phi) is 3.82. The third kappa shape index (κ3) is 2.92. The van der Waals surface area contributed by atoms with Crippen molar-refractivity contribution in [2.24, 2.45) is 0 Å². The summed E-state index contributed by atoms with van der Waals surface area (Å²) in [4.78, 5) is 0. The van der Waals surface area contributed by atoms with E-state index in [0.717, 1.165) is 5.56 Å². The number of hydrogen-bond acceptors (Lipinski definition) is 2. The number of hydrogen-bond donors (Lipinski definition) is 1. The number of aryl methyl sites for hydroxylation is 1. The number of halogens is 1. The zero-order chi connectivity index (χ0) is 13.8. The van der Waals surface area contributed by atoms with Gasteiger partial charge in [0.25, 0.3) is 0 Å². The maximum absolute atomic E-state index is 13.5. The van der Waals surface area contributed by atoms with Crippen molar-refractivity contribution >= 4 is 5.69 Å². The average Bonchev–Trinajstić information content (AvgIpc) is 2.39. The van der Waals surface area contributed by atoms with Crippen molar-refractivity contribution in [1.82, 2.24) is 0 Å². The largest absolute Gasteiger partial charge is 0.377 e. The van der Waals surface area contributed by atoms with Crippen LogP contribution in [0.25, 0.3) is 0 Å². The third-order valence-corrected chi connectivity index (χ3v) is 3.04. The lowest BCUT2D eigenvalue weighted by Crippen LogP contribution is -2.08. The minimum absolute atomic E-state index is 0.00815. The topological polar surface area (TPSA) is 35.8 Å². The van der Waals surface area contributed by atoms with E-state index in [1.54, 1.807) is 12.1 Å². The van der Waals surface area contributed by atoms with Crippen LogP contribution in [0, 0.1) is 24.1 Å². The van der Waals surface area contributed by atoms with Crippen LogP contribution in [0.4, 0.5) is 10.1 Å². The molecule has 0 aliphatic carbocycles. The lowest BCUT2D eigenvalue weighted by Gasteiger charge is -2.17.